The Morgan fingerprint density at radius 1 is 0.949 bits per heavy atom. The summed E-state index contributed by atoms with van der Waals surface area (Å²) in [6.07, 6.45) is 2.92. The number of amides is 2. The highest BCUT2D eigenvalue weighted by molar-refractivity contribution is 6.30. The first-order valence-corrected chi connectivity index (χ1v) is 13.1. The van der Waals surface area contributed by atoms with Gasteiger partial charge in [-0.15, -0.1) is 0 Å². The molecule has 2 aromatic carbocycles. The average Bonchev–Trinajstić information content (AvgIpc) is 3.40. The van der Waals surface area contributed by atoms with Gasteiger partial charge in [-0.05, 0) is 54.8 Å². The summed E-state index contributed by atoms with van der Waals surface area (Å²) < 4.78 is 31.9. The maximum atomic E-state index is 13.6. The van der Waals surface area contributed by atoms with Gasteiger partial charge < -0.3 is 19.4 Å². The van der Waals surface area contributed by atoms with Crippen molar-refractivity contribution in [1.29, 1.82) is 0 Å². The first-order chi connectivity index (χ1) is 18.8. The molecule has 0 aliphatic carbocycles. The fraction of sp³-hybridized carbons (Fsp3) is 0.357. The molecule has 39 heavy (non-hydrogen) atoms. The number of anilines is 1. The Morgan fingerprint density at radius 2 is 1.59 bits per heavy atom. The van der Waals surface area contributed by atoms with Gasteiger partial charge in [-0.25, -0.2) is 23.5 Å². The van der Waals surface area contributed by atoms with Crippen LogP contribution in [-0.4, -0.2) is 71.0 Å². The molecule has 2 atom stereocenters. The summed E-state index contributed by atoms with van der Waals surface area (Å²) >= 11 is 6.11. The van der Waals surface area contributed by atoms with Crippen LogP contribution in [0.5, 0.6) is 5.75 Å². The van der Waals surface area contributed by atoms with E-state index < -0.39 is 17.7 Å². The van der Waals surface area contributed by atoms with Gasteiger partial charge in [0.2, 0.25) is 11.9 Å². The van der Waals surface area contributed by atoms with Gasteiger partial charge in [0.05, 0.1) is 18.4 Å². The van der Waals surface area contributed by atoms with Crippen LogP contribution in [0.15, 0.2) is 60.9 Å². The van der Waals surface area contributed by atoms with Gasteiger partial charge >= 0.3 is 6.09 Å². The monoisotopic (exact) mass is 555 g/mol. The Bertz CT molecular complexity index is 1300. The van der Waals surface area contributed by atoms with Crippen LogP contribution < -0.4 is 9.64 Å². The molecule has 204 valence electrons. The number of hydrogen-bond acceptors (Lipinski definition) is 6. The van der Waals surface area contributed by atoms with E-state index in [0.717, 1.165) is 18.0 Å². The molecule has 2 aliphatic rings. The van der Waals surface area contributed by atoms with Gasteiger partial charge in [0.25, 0.3) is 0 Å². The lowest BCUT2D eigenvalue weighted by molar-refractivity contribution is -0.135. The second-order valence-corrected chi connectivity index (χ2v) is 10.3. The van der Waals surface area contributed by atoms with Crippen molar-refractivity contribution < 1.29 is 23.1 Å². The zero-order valence-electron chi connectivity index (χ0n) is 21.3. The molecule has 0 radical (unpaired) electrons. The molecule has 2 amide bonds. The number of piperidine rings is 1. The fourth-order valence-electron chi connectivity index (χ4n) is 5.26. The van der Waals surface area contributed by atoms with E-state index in [2.05, 4.69) is 9.97 Å². The minimum absolute atomic E-state index is 0.0384. The largest absolute Gasteiger partial charge is 0.415 e. The summed E-state index contributed by atoms with van der Waals surface area (Å²) in [5, 5.41) is 0.599. The van der Waals surface area contributed by atoms with Gasteiger partial charge in [-0.2, -0.15) is 0 Å². The molecule has 3 aromatic rings. The highest BCUT2D eigenvalue weighted by atomic mass is 35.5. The summed E-state index contributed by atoms with van der Waals surface area (Å²) in [4.78, 5) is 40.0. The van der Waals surface area contributed by atoms with Gasteiger partial charge in [0.15, 0.2) is 5.82 Å². The third kappa shape index (κ3) is 6.11. The Labute approximate surface area is 230 Å². The molecule has 2 unspecified atom stereocenters. The number of hydrogen-bond donors (Lipinski definition) is 0. The number of likely N-dealkylation sites (tertiary alicyclic amines) is 1. The number of carbonyl (C=O) groups excluding carboxylic acids is 2. The molecule has 2 fully saturated rings. The Hall–Kier alpha value is -3.79. The normalized spacial score (nSPS) is 19.7. The zero-order chi connectivity index (χ0) is 27.5. The molecule has 1 aromatic heterocycles. The van der Waals surface area contributed by atoms with Crippen LogP contribution in [0, 0.1) is 17.6 Å². The van der Waals surface area contributed by atoms with Crippen molar-refractivity contribution in [1.82, 2.24) is 19.8 Å². The quantitative estimate of drug-likeness (QED) is 0.452. The third-order valence-electron chi connectivity index (χ3n) is 7.44. The molecule has 0 bridgehead atoms. The lowest BCUT2D eigenvalue weighted by atomic mass is 9.93. The van der Waals surface area contributed by atoms with Crippen molar-refractivity contribution in [3.8, 4) is 5.75 Å². The van der Waals surface area contributed by atoms with Gasteiger partial charge in [-0.1, -0.05) is 23.7 Å². The lowest BCUT2D eigenvalue weighted by Gasteiger charge is -2.33. The molecule has 0 N–H and O–H groups in total. The third-order valence-corrected chi connectivity index (χ3v) is 7.69. The number of ether oxygens (including phenoxy) is 1. The highest BCUT2D eigenvalue weighted by Crippen LogP contribution is 2.34. The van der Waals surface area contributed by atoms with E-state index in [1.54, 1.807) is 19.2 Å². The standard InChI is InChI=1S/C28H28ClF2N5O3/c1-34(28(38)39-23-8-6-21(30)7-9-23)25-17-36(16-24(25)18-2-4-20(29)5-3-18)26(37)19-10-12-35(13-11-19)27-32-14-22(31)15-33-27/h2-9,14-15,19,24-25H,10-13,16-17H2,1H3. The second-order valence-electron chi connectivity index (χ2n) is 9.86. The molecule has 8 nitrogen and oxygen atoms in total. The zero-order valence-corrected chi connectivity index (χ0v) is 22.1. The topological polar surface area (TPSA) is 78.9 Å². The van der Waals surface area contributed by atoms with Crippen molar-refractivity contribution in [3.05, 3.63) is 83.1 Å². The lowest BCUT2D eigenvalue weighted by Crippen LogP contribution is -2.45. The fourth-order valence-corrected chi connectivity index (χ4v) is 5.39. The molecule has 3 heterocycles. The Morgan fingerprint density at radius 3 is 2.23 bits per heavy atom. The average molecular weight is 556 g/mol. The molecule has 5 rings (SSSR count). The molecular formula is C28H28ClF2N5O3. The second kappa shape index (κ2) is 11.5. The maximum Gasteiger partial charge on any atom is 0.415 e. The molecular weight excluding hydrogens is 528 g/mol. The van der Waals surface area contributed by atoms with E-state index in [0.29, 0.717) is 50.0 Å². The van der Waals surface area contributed by atoms with Gasteiger partial charge in [-0.3, -0.25) is 4.79 Å². The SMILES string of the molecule is CN(C(=O)Oc1ccc(F)cc1)C1CN(C(=O)C2CCN(c3ncc(F)cn3)CC2)CC1c1ccc(Cl)cc1. The van der Waals surface area contributed by atoms with Crippen molar-refractivity contribution in [2.75, 3.05) is 38.1 Å². The number of halogens is 3. The summed E-state index contributed by atoms with van der Waals surface area (Å²) in [5.74, 6) is -0.517. The van der Waals surface area contributed by atoms with E-state index in [-0.39, 0.29) is 29.5 Å². The van der Waals surface area contributed by atoms with Crippen LogP contribution >= 0.6 is 11.6 Å². The molecule has 2 aliphatic heterocycles. The van der Waals surface area contributed by atoms with E-state index in [4.69, 9.17) is 16.3 Å². The summed E-state index contributed by atoms with van der Waals surface area (Å²) in [5.41, 5.74) is 0.962. The van der Waals surface area contributed by atoms with Crippen molar-refractivity contribution in [3.63, 3.8) is 0 Å². The first kappa shape index (κ1) is 26.8. The van der Waals surface area contributed by atoms with Crippen LogP contribution in [0.4, 0.5) is 19.5 Å². The van der Waals surface area contributed by atoms with Crippen LogP contribution in [0.3, 0.4) is 0 Å². The number of carbonyl (C=O) groups is 2. The maximum absolute atomic E-state index is 13.6. The minimum atomic E-state index is -0.590. The van der Waals surface area contributed by atoms with Crippen molar-refractivity contribution >= 4 is 29.5 Å². The molecule has 2 saturated heterocycles. The summed E-state index contributed by atoms with van der Waals surface area (Å²) in [6, 6.07) is 12.3. The molecule has 0 saturated carbocycles. The van der Waals surface area contributed by atoms with Crippen molar-refractivity contribution in [2.45, 2.75) is 24.8 Å². The predicted octanol–water partition coefficient (Wildman–Crippen LogP) is 4.75. The van der Waals surface area contributed by atoms with Crippen LogP contribution in [-0.2, 0) is 4.79 Å². The van der Waals surface area contributed by atoms with E-state index in [1.807, 2.05) is 21.9 Å². The van der Waals surface area contributed by atoms with Crippen LogP contribution in [0.1, 0.15) is 24.3 Å². The molecule has 11 heteroatoms. The molecule has 0 spiro atoms. The number of aromatic nitrogens is 2. The van der Waals surface area contributed by atoms with Gasteiger partial charge in [0.1, 0.15) is 11.6 Å². The smallest absolute Gasteiger partial charge is 0.410 e. The van der Waals surface area contributed by atoms with Crippen LogP contribution in [0.25, 0.3) is 0 Å². The number of rotatable bonds is 5. The summed E-state index contributed by atoms with van der Waals surface area (Å²) in [7, 11) is 1.65. The number of likely N-dealkylation sites (N-methyl/N-ethyl adjacent to an activating group) is 1. The van der Waals surface area contributed by atoms with E-state index >= 15 is 0 Å². The first-order valence-electron chi connectivity index (χ1n) is 12.8. The summed E-state index contributed by atoms with van der Waals surface area (Å²) in [6.45, 7) is 1.97. The Kier molecular flexibility index (Phi) is 7.92. The van der Waals surface area contributed by atoms with Crippen molar-refractivity contribution in [2.24, 2.45) is 5.92 Å². The Balaban J connectivity index is 1.28. The number of nitrogens with zero attached hydrogens (tertiary/aromatic N) is 5. The van der Waals surface area contributed by atoms with Gasteiger partial charge in [0, 0.05) is 50.1 Å². The van der Waals surface area contributed by atoms with E-state index in [9.17, 15) is 18.4 Å². The van der Waals surface area contributed by atoms with Crippen LogP contribution in [0.2, 0.25) is 5.02 Å². The predicted molar refractivity (Wildman–Crippen MR) is 142 cm³/mol. The number of benzene rings is 2. The minimum Gasteiger partial charge on any atom is -0.410 e. The van der Waals surface area contributed by atoms with E-state index in [1.165, 1.54) is 29.2 Å². The highest BCUT2D eigenvalue weighted by Gasteiger charge is 2.42.